The van der Waals surface area contributed by atoms with Crippen molar-refractivity contribution in [3.63, 3.8) is 0 Å². The smallest absolute Gasteiger partial charge is 0.293 e. The van der Waals surface area contributed by atoms with Gasteiger partial charge in [-0.3, -0.25) is 4.79 Å². The molecule has 3 heterocycles. The van der Waals surface area contributed by atoms with Crippen molar-refractivity contribution in [2.75, 3.05) is 23.3 Å². The van der Waals surface area contributed by atoms with Crippen LogP contribution in [0.2, 0.25) is 0 Å². The van der Waals surface area contributed by atoms with Crippen molar-refractivity contribution < 1.29 is 0 Å². The second kappa shape index (κ2) is 6.76. The Morgan fingerprint density at radius 2 is 2.22 bits per heavy atom. The van der Waals surface area contributed by atoms with Crippen LogP contribution >= 0.6 is 0 Å². The van der Waals surface area contributed by atoms with Gasteiger partial charge in [0.05, 0.1) is 0 Å². The lowest BCUT2D eigenvalue weighted by Gasteiger charge is -2.34. The van der Waals surface area contributed by atoms with Crippen LogP contribution in [0.1, 0.15) is 25.5 Å². The van der Waals surface area contributed by atoms with Crippen molar-refractivity contribution in [1.29, 1.82) is 0 Å². The highest BCUT2D eigenvalue weighted by Gasteiger charge is 2.22. The Kier molecular flexibility index (Phi) is 4.55. The Morgan fingerprint density at radius 3 is 3.04 bits per heavy atom. The Balaban J connectivity index is 1.73. The van der Waals surface area contributed by atoms with Gasteiger partial charge in [0.15, 0.2) is 5.82 Å². The summed E-state index contributed by atoms with van der Waals surface area (Å²) in [6.45, 7) is 3.86. The number of anilines is 2. The summed E-state index contributed by atoms with van der Waals surface area (Å²) in [5.41, 5.74) is 0.948. The first-order valence-electron chi connectivity index (χ1n) is 8.01. The SMILES string of the molecule is CCc1cc(N2CCCC(Nc3nccn(C)c3=O)C2)ncn1. The van der Waals surface area contributed by atoms with Crippen LogP contribution in [0.3, 0.4) is 0 Å². The highest BCUT2D eigenvalue weighted by molar-refractivity contribution is 5.41. The normalized spacial score (nSPS) is 18.0. The molecule has 0 radical (unpaired) electrons. The van der Waals surface area contributed by atoms with E-state index in [1.165, 1.54) is 4.57 Å². The summed E-state index contributed by atoms with van der Waals surface area (Å²) in [6.07, 6.45) is 7.89. The van der Waals surface area contributed by atoms with E-state index in [9.17, 15) is 4.79 Å². The minimum atomic E-state index is -0.0973. The van der Waals surface area contributed by atoms with E-state index in [4.69, 9.17) is 0 Å². The molecule has 0 bridgehead atoms. The van der Waals surface area contributed by atoms with E-state index in [1.54, 1.807) is 25.8 Å². The zero-order valence-electron chi connectivity index (χ0n) is 13.6. The molecule has 1 fully saturated rings. The minimum Gasteiger partial charge on any atom is -0.361 e. The van der Waals surface area contributed by atoms with Gasteiger partial charge in [-0.2, -0.15) is 0 Å². The van der Waals surface area contributed by atoms with Gasteiger partial charge in [-0.1, -0.05) is 6.92 Å². The Hall–Kier alpha value is -2.44. The molecule has 3 rings (SSSR count). The molecule has 0 amide bonds. The lowest BCUT2D eigenvalue weighted by molar-refractivity contribution is 0.524. The van der Waals surface area contributed by atoms with E-state index in [0.717, 1.165) is 43.9 Å². The number of nitrogens with zero attached hydrogens (tertiary/aromatic N) is 5. The Morgan fingerprint density at radius 1 is 1.35 bits per heavy atom. The first-order chi connectivity index (χ1) is 11.2. The predicted octanol–water partition coefficient (Wildman–Crippen LogP) is 1.21. The van der Waals surface area contributed by atoms with Crippen molar-refractivity contribution >= 4 is 11.6 Å². The lowest BCUT2D eigenvalue weighted by Crippen LogP contribution is -2.43. The maximum Gasteiger partial charge on any atom is 0.293 e. The monoisotopic (exact) mass is 314 g/mol. The molecule has 23 heavy (non-hydrogen) atoms. The fraction of sp³-hybridized carbons (Fsp3) is 0.500. The topological polar surface area (TPSA) is 75.9 Å². The molecule has 1 unspecified atom stereocenters. The fourth-order valence-electron chi connectivity index (χ4n) is 2.85. The second-order valence-corrected chi connectivity index (χ2v) is 5.84. The van der Waals surface area contributed by atoms with E-state index in [0.29, 0.717) is 5.82 Å². The third-order valence-electron chi connectivity index (χ3n) is 4.17. The number of hydrogen-bond donors (Lipinski definition) is 1. The summed E-state index contributed by atoms with van der Waals surface area (Å²) >= 11 is 0. The zero-order valence-corrected chi connectivity index (χ0v) is 13.6. The molecule has 0 aliphatic carbocycles. The Labute approximate surface area is 135 Å². The van der Waals surface area contributed by atoms with Crippen LogP contribution in [0.4, 0.5) is 11.6 Å². The summed E-state index contributed by atoms with van der Waals surface area (Å²) < 4.78 is 1.54. The Bertz CT molecular complexity index is 729. The zero-order chi connectivity index (χ0) is 16.2. The average Bonchev–Trinajstić information content (AvgIpc) is 2.59. The molecule has 1 N–H and O–H groups in total. The number of aryl methyl sites for hydroxylation is 2. The molecule has 1 saturated heterocycles. The first-order valence-corrected chi connectivity index (χ1v) is 8.01. The molecule has 1 aliphatic rings. The lowest BCUT2D eigenvalue weighted by atomic mass is 10.1. The number of hydrogen-bond acceptors (Lipinski definition) is 6. The van der Waals surface area contributed by atoms with Gasteiger partial charge in [0.1, 0.15) is 12.1 Å². The molecule has 7 heteroatoms. The minimum absolute atomic E-state index is 0.0973. The molecule has 122 valence electrons. The van der Waals surface area contributed by atoms with Gasteiger partial charge in [0.25, 0.3) is 5.56 Å². The van der Waals surface area contributed by atoms with E-state index >= 15 is 0 Å². The fourth-order valence-corrected chi connectivity index (χ4v) is 2.85. The quantitative estimate of drug-likeness (QED) is 0.914. The summed E-state index contributed by atoms with van der Waals surface area (Å²) in [4.78, 5) is 27.1. The summed E-state index contributed by atoms with van der Waals surface area (Å²) in [6, 6.07) is 2.23. The van der Waals surface area contributed by atoms with Gasteiger partial charge < -0.3 is 14.8 Å². The second-order valence-electron chi connectivity index (χ2n) is 5.84. The number of nitrogens with one attached hydrogen (secondary N) is 1. The molecule has 0 spiro atoms. The highest BCUT2D eigenvalue weighted by Crippen LogP contribution is 2.19. The predicted molar refractivity (Wildman–Crippen MR) is 89.7 cm³/mol. The van der Waals surface area contributed by atoms with Crippen LogP contribution in [0.15, 0.2) is 29.6 Å². The van der Waals surface area contributed by atoms with Gasteiger partial charge in [-0.25, -0.2) is 15.0 Å². The van der Waals surface area contributed by atoms with E-state index in [-0.39, 0.29) is 11.6 Å². The van der Waals surface area contributed by atoms with Crippen LogP contribution in [-0.2, 0) is 13.5 Å². The van der Waals surface area contributed by atoms with Gasteiger partial charge in [0, 0.05) is 50.3 Å². The number of rotatable bonds is 4. The maximum absolute atomic E-state index is 12.1. The van der Waals surface area contributed by atoms with Crippen molar-refractivity contribution in [3.8, 4) is 0 Å². The molecule has 0 aromatic carbocycles. The molecule has 1 atom stereocenters. The highest BCUT2D eigenvalue weighted by atomic mass is 16.1. The molecular formula is C16H22N6O. The third kappa shape index (κ3) is 3.49. The summed E-state index contributed by atoms with van der Waals surface area (Å²) in [7, 11) is 1.73. The van der Waals surface area contributed by atoms with Gasteiger partial charge >= 0.3 is 0 Å². The van der Waals surface area contributed by atoms with Crippen LogP contribution in [0.25, 0.3) is 0 Å². The summed E-state index contributed by atoms with van der Waals surface area (Å²) in [5, 5.41) is 3.29. The molecule has 0 saturated carbocycles. The molecule has 2 aromatic heterocycles. The van der Waals surface area contributed by atoms with Crippen LogP contribution in [-0.4, -0.2) is 38.7 Å². The van der Waals surface area contributed by atoms with Crippen LogP contribution in [0.5, 0.6) is 0 Å². The third-order valence-corrected chi connectivity index (χ3v) is 4.17. The van der Waals surface area contributed by atoms with Gasteiger partial charge in [-0.15, -0.1) is 0 Å². The van der Waals surface area contributed by atoms with E-state index < -0.39 is 0 Å². The summed E-state index contributed by atoms with van der Waals surface area (Å²) in [5.74, 6) is 1.37. The first kappa shape index (κ1) is 15.5. The van der Waals surface area contributed by atoms with Crippen molar-refractivity contribution in [3.05, 3.63) is 40.8 Å². The molecule has 1 aliphatic heterocycles. The van der Waals surface area contributed by atoms with Crippen molar-refractivity contribution in [1.82, 2.24) is 19.5 Å². The van der Waals surface area contributed by atoms with E-state index in [2.05, 4.69) is 32.1 Å². The molecule has 7 nitrogen and oxygen atoms in total. The maximum atomic E-state index is 12.1. The molecular weight excluding hydrogens is 292 g/mol. The van der Waals surface area contributed by atoms with Crippen molar-refractivity contribution in [2.45, 2.75) is 32.2 Å². The van der Waals surface area contributed by atoms with E-state index in [1.807, 2.05) is 6.07 Å². The van der Waals surface area contributed by atoms with Gasteiger partial charge in [0.2, 0.25) is 0 Å². The van der Waals surface area contributed by atoms with Crippen LogP contribution < -0.4 is 15.8 Å². The molecule has 2 aromatic rings. The van der Waals surface area contributed by atoms with Crippen LogP contribution in [0, 0.1) is 0 Å². The van der Waals surface area contributed by atoms with Gasteiger partial charge in [-0.05, 0) is 19.3 Å². The largest absolute Gasteiger partial charge is 0.361 e. The average molecular weight is 314 g/mol. The number of piperidine rings is 1. The van der Waals surface area contributed by atoms with Crippen molar-refractivity contribution in [2.24, 2.45) is 7.05 Å². The standard InChI is InChI=1S/C16H22N6O/c1-3-12-9-14(19-11-18-12)22-7-4-5-13(10-22)20-15-16(23)21(2)8-6-17-15/h6,8-9,11,13H,3-5,7,10H2,1-2H3,(H,17,20). The number of aromatic nitrogens is 4.